The lowest BCUT2D eigenvalue weighted by Crippen LogP contribution is -2.19. The standard InChI is InChI=1S/C11H16N2O/c1-7(2)5-8-6-9(13-12)10(14)11(8,3)4/h5,8H,6H2,1-4H3/p+1. The molecule has 1 N–H and O–H groups in total. The molecule has 1 atom stereocenters. The molecular formula is C11H17N2O+. The molecule has 0 spiro atoms. The van der Waals surface area contributed by atoms with Crippen LogP contribution >= 0.6 is 0 Å². The highest BCUT2D eigenvalue weighted by atomic mass is 16.3. The summed E-state index contributed by atoms with van der Waals surface area (Å²) in [7, 11) is 0. The van der Waals surface area contributed by atoms with Crippen LogP contribution < -0.4 is 0 Å². The molecule has 76 valence electrons. The maximum atomic E-state index is 9.80. The van der Waals surface area contributed by atoms with E-state index in [1.165, 1.54) is 5.57 Å². The van der Waals surface area contributed by atoms with Crippen LogP contribution in [0.1, 0.15) is 34.1 Å². The lowest BCUT2D eigenvalue weighted by molar-refractivity contribution is 0.229. The molecule has 0 bridgehead atoms. The zero-order valence-corrected chi connectivity index (χ0v) is 9.20. The molecule has 0 amide bonds. The molecule has 0 saturated carbocycles. The average molecular weight is 193 g/mol. The van der Waals surface area contributed by atoms with Gasteiger partial charge in [0, 0.05) is 11.3 Å². The maximum Gasteiger partial charge on any atom is 0.399 e. The summed E-state index contributed by atoms with van der Waals surface area (Å²) < 4.78 is 0. The predicted octanol–water partition coefficient (Wildman–Crippen LogP) is 3.62. The van der Waals surface area contributed by atoms with Crippen LogP contribution in [0.25, 0.3) is 4.98 Å². The molecule has 0 fully saturated rings. The van der Waals surface area contributed by atoms with Crippen LogP contribution in [0.15, 0.2) is 23.1 Å². The molecule has 0 aliphatic heterocycles. The Morgan fingerprint density at radius 2 is 2.14 bits per heavy atom. The third kappa shape index (κ3) is 1.65. The Morgan fingerprint density at radius 3 is 2.50 bits per heavy atom. The van der Waals surface area contributed by atoms with Crippen molar-refractivity contribution >= 4 is 0 Å². The van der Waals surface area contributed by atoms with Crippen molar-refractivity contribution in [2.45, 2.75) is 34.1 Å². The van der Waals surface area contributed by atoms with E-state index < -0.39 is 0 Å². The van der Waals surface area contributed by atoms with E-state index in [4.69, 9.17) is 5.39 Å². The van der Waals surface area contributed by atoms with Gasteiger partial charge in [0.2, 0.25) is 5.39 Å². The second-order valence-corrected chi connectivity index (χ2v) is 4.67. The molecule has 0 heterocycles. The smallest absolute Gasteiger partial charge is 0.399 e. The van der Waals surface area contributed by atoms with Crippen molar-refractivity contribution in [2.24, 2.45) is 11.3 Å². The van der Waals surface area contributed by atoms with Crippen LogP contribution in [0.4, 0.5) is 0 Å². The summed E-state index contributed by atoms with van der Waals surface area (Å²) in [6, 6.07) is 0. The molecule has 0 aromatic heterocycles. The molecule has 0 radical (unpaired) electrons. The summed E-state index contributed by atoms with van der Waals surface area (Å²) in [6.45, 7) is 7.98. The molecule has 3 nitrogen and oxygen atoms in total. The Labute approximate surface area is 84.8 Å². The van der Waals surface area contributed by atoms with Crippen molar-refractivity contribution in [2.75, 3.05) is 0 Å². The topological polar surface area (TPSA) is 48.4 Å². The molecule has 14 heavy (non-hydrogen) atoms. The summed E-state index contributed by atoms with van der Waals surface area (Å²) in [5, 5.41) is 18.5. The summed E-state index contributed by atoms with van der Waals surface area (Å²) in [5.74, 6) is 0.431. The zero-order valence-electron chi connectivity index (χ0n) is 9.20. The minimum absolute atomic E-state index is 0.211. The number of hydrogen-bond donors (Lipinski definition) is 1. The van der Waals surface area contributed by atoms with Crippen molar-refractivity contribution < 1.29 is 5.11 Å². The molecule has 1 aliphatic rings. The van der Waals surface area contributed by atoms with Crippen LogP contribution in [0.3, 0.4) is 0 Å². The minimum atomic E-state index is -0.321. The van der Waals surface area contributed by atoms with Gasteiger partial charge in [0.15, 0.2) is 10.7 Å². The average Bonchev–Trinajstić information content (AvgIpc) is 2.28. The van der Waals surface area contributed by atoms with E-state index in [9.17, 15) is 5.11 Å². The van der Waals surface area contributed by atoms with E-state index in [-0.39, 0.29) is 17.1 Å². The molecule has 0 saturated heterocycles. The van der Waals surface area contributed by atoms with Crippen molar-refractivity contribution in [3.63, 3.8) is 0 Å². The fraction of sp³-hybridized carbons (Fsp3) is 0.636. The van der Waals surface area contributed by atoms with Crippen molar-refractivity contribution in [1.29, 1.82) is 5.39 Å². The van der Waals surface area contributed by atoms with Crippen molar-refractivity contribution in [1.82, 2.24) is 0 Å². The van der Waals surface area contributed by atoms with Gasteiger partial charge in [-0.3, -0.25) is 0 Å². The number of aliphatic hydroxyl groups is 1. The van der Waals surface area contributed by atoms with Crippen LogP contribution in [-0.4, -0.2) is 5.11 Å². The summed E-state index contributed by atoms with van der Waals surface area (Å²) in [5.41, 5.74) is 1.31. The minimum Gasteiger partial charge on any atom is -0.505 e. The van der Waals surface area contributed by atoms with Crippen LogP contribution in [-0.2, 0) is 0 Å². The first-order valence-electron chi connectivity index (χ1n) is 4.82. The van der Waals surface area contributed by atoms with Gasteiger partial charge >= 0.3 is 5.70 Å². The van der Waals surface area contributed by atoms with Gasteiger partial charge in [-0.05, 0) is 13.8 Å². The molecule has 1 rings (SSSR count). The highest BCUT2D eigenvalue weighted by Crippen LogP contribution is 2.47. The fourth-order valence-corrected chi connectivity index (χ4v) is 1.87. The van der Waals surface area contributed by atoms with E-state index in [2.05, 4.69) is 11.1 Å². The van der Waals surface area contributed by atoms with Crippen molar-refractivity contribution in [3.8, 4) is 0 Å². The van der Waals surface area contributed by atoms with Gasteiger partial charge in [-0.15, -0.1) is 0 Å². The lowest BCUT2D eigenvalue weighted by atomic mass is 9.80. The second kappa shape index (κ2) is 3.45. The summed E-state index contributed by atoms with van der Waals surface area (Å²) in [4.78, 5) is 3.12. The first kappa shape index (κ1) is 10.8. The Bertz CT molecular complexity index is 341. The van der Waals surface area contributed by atoms with Gasteiger partial charge in [0.1, 0.15) is 0 Å². The molecular weight excluding hydrogens is 176 g/mol. The van der Waals surface area contributed by atoms with Gasteiger partial charge in [0.05, 0.1) is 6.42 Å². The fourth-order valence-electron chi connectivity index (χ4n) is 1.87. The van der Waals surface area contributed by atoms with E-state index >= 15 is 0 Å². The highest BCUT2D eigenvalue weighted by molar-refractivity contribution is 5.30. The van der Waals surface area contributed by atoms with Crippen LogP contribution in [0.2, 0.25) is 0 Å². The SMILES string of the molecule is CC(C)=CC1CC([N+]#N)=C(O)C1(C)C. The summed E-state index contributed by atoms with van der Waals surface area (Å²) in [6.07, 6.45) is 2.73. The number of aliphatic hydroxyl groups excluding tert-OH is 1. The van der Waals surface area contributed by atoms with Gasteiger partial charge in [-0.25, -0.2) is 0 Å². The Morgan fingerprint density at radius 1 is 1.57 bits per heavy atom. The third-order valence-corrected chi connectivity index (χ3v) is 2.88. The number of rotatable bonds is 1. The Hall–Kier alpha value is -1.30. The largest absolute Gasteiger partial charge is 0.505 e. The zero-order chi connectivity index (χ0) is 10.9. The monoisotopic (exact) mass is 193 g/mol. The molecule has 3 heteroatoms. The molecule has 1 unspecified atom stereocenters. The van der Waals surface area contributed by atoms with Gasteiger partial charge in [0.25, 0.3) is 0 Å². The lowest BCUT2D eigenvalue weighted by Gasteiger charge is -2.23. The van der Waals surface area contributed by atoms with Gasteiger partial charge < -0.3 is 5.11 Å². The van der Waals surface area contributed by atoms with E-state index in [0.29, 0.717) is 12.1 Å². The molecule has 0 aromatic carbocycles. The highest BCUT2D eigenvalue weighted by Gasteiger charge is 2.47. The van der Waals surface area contributed by atoms with E-state index in [1.807, 2.05) is 27.7 Å². The predicted molar refractivity (Wildman–Crippen MR) is 56.1 cm³/mol. The normalized spacial score (nSPS) is 24.6. The second-order valence-electron chi connectivity index (χ2n) is 4.67. The van der Waals surface area contributed by atoms with E-state index in [0.717, 1.165) is 0 Å². The number of hydrogen-bond acceptors (Lipinski definition) is 2. The quantitative estimate of drug-likeness (QED) is 0.510. The van der Waals surface area contributed by atoms with Crippen molar-refractivity contribution in [3.05, 3.63) is 28.1 Å². The molecule has 1 aliphatic carbocycles. The Balaban J connectivity index is 3.03. The van der Waals surface area contributed by atoms with Crippen LogP contribution in [0.5, 0.6) is 0 Å². The molecule has 0 aromatic rings. The van der Waals surface area contributed by atoms with Crippen LogP contribution in [0, 0.1) is 16.7 Å². The number of nitrogens with zero attached hydrogens (tertiary/aromatic N) is 2. The third-order valence-electron chi connectivity index (χ3n) is 2.88. The number of diazo groups is 1. The first-order chi connectivity index (χ1) is 6.39. The number of allylic oxidation sites excluding steroid dienone is 4. The van der Waals surface area contributed by atoms with Gasteiger partial charge in [-0.1, -0.05) is 25.5 Å². The Kier molecular flexibility index (Phi) is 2.66. The first-order valence-corrected chi connectivity index (χ1v) is 4.82. The summed E-state index contributed by atoms with van der Waals surface area (Å²) >= 11 is 0. The maximum absolute atomic E-state index is 9.80. The van der Waals surface area contributed by atoms with Gasteiger partial charge in [-0.2, -0.15) is 0 Å². The van der Waals surface area contributed by atoms with E-state index in [1.54, 1.807) is 0 Å².